The van der Waals surface area contributed by atoms with Gasteiger partial charge in [0.2, 0.25) is 5.75 Å². The Morgan fingerprint density at radius 2 is 1.62 bits per heavy atom. The highest BCUT2D eigenvalue weighted by Gasteiger charge is 2.22. The molecule has 0 fully saturated rings. The van der Waals surface area contributed by atoms with Gasteiger partial charge in [-0.05, 0) is 48.0 Å². The summed E-state index contributed by atoms with van der Waals surface area (Å²) < 4.78 is 28.9. The highest BCUT2D eigenvalue weighted by molar-refractivity contribution is 6.19. The number of nitrogens with zero attached hydrogens (tertiary/aromatic N) is 1. The summed E-state index contributed by atoms with van der Waals surface area (Å²) in [6.45, 7) is 0. The monoisotopic (exact) mass is 356 g/mol. The number of halogens is 1. The Balaban J connectivity index is 1.99. The maximum atomic E-state index is 13.0. The molecule has 2 aromatic rings. The second-order valence-electron chi connectivity index (χ2n) is 5.41. The Morgan fingerprint density at radius 1 is 1.00 bits per heavy atom. The number of rotatable bonds is 5. The molecular weight excluding hydrogens is 339 g/mol. The molecule has 0 radical (unpaired) electrons. The summed E-state index contributed by atoms with van der Waals surface area (Å²) in [5.74, 6) is 1.07. The van der Waals surface area contributed by atoms with Crippen LogP contribution in [0.15, 0.2) is 47.1 Å². The van der Waals surface area contributed by atoms with Gasteiger partial charge in [0.1, 0.15) is 17.3 Å². The van der Waals surface area contributed by atoms with Crippen LogP contribution >= 0.6 is 0 Å². The summed E-state index contributed by atoms with van der Waals surface area (Å²) in [4.78, 5) is 16.5. The fraction of sp³-hybridized carbons (Fsp3) is 0.158. The van der Waals surface area contributed by atoms with E-state index in [0.717, 1.165) is 0 Å². The van der Waals surface area contributed by atoms with E-state index in [2.05, 4.69) is 10.3 Å². The fourth-order valence-corrected chi connectivity index (χ4v) is 2.56. The lowest BCUT2D eigenvalue weighted by atomic mass is 10.1. The van der Waals surface area contributed by atoms with Gasteiger partial charge in [0.25, 0.3) is 5.91 Å². The van der Waals surface area contributed by atoms with E-state index in [0.29, 0.717) is 34.2 Å². The normalized spacial score (nSPS) is 14.8. The summed E-state index contributed by atoms with van der Waals surface area (Å²) in [6, 6.07) is 9.16. The summed E-state index contributed by atoms with van der Waals surface area (Å²) in [5.41, 5.74) is 1.50. The summed E-state index contributed by atoms with van der Waals surface area (Å²) in [7, 11) is 4.55. The van der Waals surface area contributed by atoms with Crippen molar-refractivity contribution >= 4 is 17.8 Å². The molecule has 1 N–H and O–H groups in total. The highest BCUT2D eigenvalue weighted by Crippen LogP contribution is 2.38. The average Bonchev–Trinajstić information content (AvgIpc) is 3.01. The molecule has 1 heterocycles. The minimum absolute atomic E-state index is 0.221. The Labute approximate surface area is 149 Å². The van der Waals surface area contributed by atoms with E-state index in [1.54, 1.807) is 30.3 Å². The minimum atomic E-state index is -0.355. The van der Waals surface area contributed by atoms with Crippen LogP contribution in [0.2, 0.25) is 0 Å². The molecule has 3 rings (SSSR count). The van der Waals surface area contributed by atoms with Crippen LogP contribution in [0.5, 0.6) is 17.2 Å². The zero-order chi connectivity index (χ0) is 18.7. The molecule has 0 unspecified atom stereocenters. The first-order valence-electron chi connectivity index (χ1n) is 7.73. The largest absolute Gasteiger partial charge is 0.493 e. The third-order valence-electron chi connectivity index (χ3n) is 3.80. The quantitative estimate of drug-likeness (QED) is 0.837. The van der Waals surface area contributed by atoms with Gasteiger partial charge in [0, 0.05) is 5.56 Å². The number of carbonyl (C=O) groups is 1. The molecule has 1 aliphatic heterocycles. The molecule has 2 aromatic carbocycles. The van der Waals surface area contributed by atoms with Crippen molar-refractivity contribution in [1.82, 2.24) is 5.32 Å². The number of ether oxygens (including phenoxy) is 3. The maximum Gasteiger partial charge on any atom is 0.275 e. The van der Waals surface area contributed by atoms with Crippen LogP contribution in [0.3, 0.4) is 0 Å². The molecule has 1 amide bonds. The number of amidine groups is 1. The molecule has 1 aliphatic rings. The molecule has 6 nitrogen and oxygen atoms in total. The predicted molar refractivity (Wildman–Crippen MR) is 95.2 cm³/mol. The summed E-state index contributed by atoms with van der Waals surface area (Å²) in [6.07, 6.45) is 1.61. The van der Waals surface area contributed by atoms with Gasteiger partial charge in [-0.15, -0.1) is 0 Å². The first-order valence-corrected chi connectivity index (χ1v) is 7.73. The van der Waals surface area contributed by atoms with Gasteiger partial charge in [-0.25, -0.2) is 9.38 Å². The lowest BCUT2D eigenvalue weighted by Crippen LogP contribution is -2.24. The zero-order valence-electron chi connectivity index (χ0n) is 14.5. The van der Waals surface area contributed by atoms with Crippen LogP contribution in [0.4, 0.5) is 4.39 Å². The third-order valence-corrected chi connectivity index (χ3v) is 3.80. The topological polar surface area (TPSA) is 69.2 Å². The van der Waals surface area contributed by atoms with E-state index in [1.165, 1.54) is 33.5 Å². The van der Waals surface area contributed by atoms with Crippen LogP contribution in [0.1, 0.15) is 11.1 Å². The number of carbonyl (C=O) groups excluding carboxylic acids is 1. The van der Waals surface area contributed by atoms with Crippen LogP contribution in [0, 0.1) is 5.82 Å². The second kappa shape index (κ2) is 7.26. The van der Waals surface area contributed by atoms with Gasteiger partial charge in [0.15, 0.2) is 11.5 Å². The molecule has 0 saturated carbocycles. The zero-order valence-corrected chi connectivity index (χ0v) is 14.5. The summed E-state index contributed by atoms with van der Waals surface area (Å²) >= 11 is 0. The predicted octanol–water partition coefficient (Wildman–Crippen LogP) is 2.77. The van der Waals surface area contributed by atoms with Crippen LogP contribution < -0.4 is 19.5 Å². The van der Waals surface area contributed by atoms with E-state index in [9.17, 15) is 9.18 Å². The van der Waals surface area contributed by atoms with Crippen molar-refractivity contribution in [3.05, 3.63) is 59.0 Å². The second-order valence-corrected chi connectivity index (χ2v) is 5.41. The van der Waals surface area contributed by atoms with Crippen LogP contribution in [0.25, 0.3) is 6.08 Å². The molecule has 26 heavy (non-hydrogen) atoms. The first-order chi connectivity index (χ1) is 12.5. The SMILES string of the molecule is COc1cc(/C=C2\N=C(c3ccc(F)cc3)NC2=O)cc(OC)c1OC. The molecule has 7 heteroatoms. The van der Waals surface area contributed by atoms with E-state index < -0.39 is 0 Å². The third kappa shape index (κ3) is 3.37. The molecule has 0 saturated heterocycles. The lowest BCUT2D eigenvalue weighted by molar-refractivity contribution is -0.115. The van der Waals surface area contributed by atoms with E-state index in [-0.39, 0.29) is 17.4 Å². The van der Waals surface area contributed by atoms with Crippen LogP contribution in [-0.2, 0) is 4.79 Å². The molecule has 0 aliphatic carbocycles. The van der Waals surface area contributed by atoms with Crippen molar-refractivity contribution in [3.63, 3.8) is 0 Å². The van der Waals surface area contributed by atoms with Gasteiger partial charge in [-0.3, -0.25) is 4.79 Å². The fourth-order valence-electron chi connectivity index (χ4n) is 2.56. The molecule has 0 spiro atoms. The van der Waals surface area contributed by atoms with Crippen molar-refractivity contribution in [2.24, 2.45) is 4.99 Å². The number of aliphatic imine (C=N–C) groups is 1. The highest BCUT2D eigenvalue weighted by atomic mass is 19.1. The molecular formula is C19H17FN2O4. The number of hydrogen-bond acceptors (Lipinski definition) is 5. The van der Waals surface area contributed by atoms with E-state index in [1.807, 2.05) is 0 Å². The van der Waals surface area contributed by atoms with Gasteiger partial charge in [-0.1, -0.05) is 0 Å². The minimum Gasteiger partial charge on any atom is -0.493 e. The van der Waals surface area contributed by atoms with Crippen LogP contribution in [-0.4, -0.2) is 33.1 Å². The number of benzene rings is 2. The molecule has 134 valence electrons. The Bertz CT molecular complexity index is 879. The average molecular weight is 356 g/mol. The van der Waals surface area contributed by atoms with Gasteiger partial charge >= 0.3 is 0 Å². The Hall–Kier alpha value is -3.35. The van der Waals surface area contributed by atoms with Crippen molar-refractivity contribution in [1.29, 1.82) is 0 Å². The number of nitrogens with one attached hydrogen (secondary N) is 1. The number of hydrogen-bond donors (Lipinski definition) is 1. The van der Waals surface area contributed by atoms with E-state index >= 15 is 0 Å². The standard InChI is InChI=1S/C19H17FN2O4/c1-24-15-9-11(10-16(25-2)17(15)26-3)8-14-19(23)22-18(21-14)12-4-6-13(20)7-5-12/h4-10H,1-3H3,(H,21,22,23)/b14-8-. The van der Waals surface area contributed by atoms with Crippen molar-refractivity contribution < 1.29 is 23.4 Å². The first kappa shape index (κ1) is 17.5. The number of amides is 1. The Kier molecular flexibility index (Phi) is 4.88. The summed E-state index contributed by atoms with van der Waals surface area (Å²) in [5, 5.41) is 2.67. The van der Waals surface area contributed by atoms with E-state index in [4.69, 9.17) is 14.2 Å². The maximum absolute atomic E-state index is 13.0. The lowest BCUT2D eigenvalue weighted by Gasteiger charge is -2.12. The van der Waals surface area contributed by atoms with Crippen molar-refractivity contribution in [2.75, 3.05) is 21.3 Å². The van der Waals surface area contributed by atoms with Gasteiger partial charge in [0.05, 0.1) is 21.3 Å². The van der Waals surface area contributed by atoms with Gasteiger partial charge in [-0.2, -0.15) is 0 Å². The van der Waals surface area contributed by atoms with Gasteiger partial charge < -0.3 is 19.5 Å². The Morgan fingerprint density at radius 3 is 2.15 bits per heavy atom. The smallest absolute Gasteiger partial charge is 0.275 e. The molecule has 0 bridgehead atoms. The van der Waals surface area contributed by atoms with Crippen molar-refractivity contribution in [2.45, 2.75) is 0 Å². The number of methoxy groups -OCH3 is 3. The molecule has 0 atom stereocenters. The van der Waals surface area contributed by atoms with Crippen molar-refractivity contribution in [3.8, 4) is 17.2 Å². The molecule has 0 aromatic heterocycles.